The number of halogens is 1. The Morgan fingerprint density at radius 1 is 1.29 bits per heavy atom. The van der Waals surface area contributed by atoms with E-state index in [1.54, 1.807) is 4.90 Å². The van der Waals surface area contributed by atoms with Crippen molar-refractivity contribution in [3.8, 4) is 0 Å². The number of aryl methyl sites for hydroxylation is 1. The van der Waals surface area contributed by atoms with Gasteiger partial charge < -0.3 is 15.1 Å². The summed E-state index contributed by atoms with van der Waals surface area (Å²) in [7, 11) is 0. The van der Waals surface area contributed by atoms with Gasteiger partial charge in [0.2, 0.25) is 11.8 Å². The molecule has 3 rings (SSSR count). The van der Waals surface area contributed by atoms with E-state index in [0.29, 0.717) is 13.0 Å². The summed E-state index contributed by atoms with van der Waals surface area (Å²) in [5.41, 5.74) is 3.23. The van der Waals surface area contributed by atoms with Crippen LogP contribution in [-0.2, 0) is 9.59 Å². The highest BCUT2D eigenvalue weighted by Crippen LogP contribution is 2.30. The van der Waals surface area contributed by atoms with Crippen LogP contribution >= 0.6 is 12.4 Å². The van der Waals surface area contributed by atoms with Crippen LogP contribution in [-0.4, -0.2) is 48.9 Å². The number of carbonyl (C=O) groups is 2. The second kappa shape index (κ2) is 7.53. The van der Waals surface area contributed by atoms with Crippen LogP contribution in [0.3, 0.4) is 0 Å². The molecule has 2 fully saturated rings. The normalized spacial score (nSPS) is 24.0. The molecule has 5 nitrogen and oxygen atoms in total. The maximum atomic E-state index is 12.8. The van der Waals surface area contributed by atoms with Crippen molar-refractivity contribution in [1.82, 2.24) is 10.2 Å². The molecular formula is C18H26ClN3O2. The quantitative estimate of drug-likeness (QED) is 0.885. The molecule has 2 aliphatic rings. The van der Waals surface area contributed by atoms with Gasteiger partial charge in [0.1, 0.15) is 0 Å². The summed E-state index contributed by atoms with van der Waals surface area (Å²) in [5, 5.41) is 3.30. The summed E-state index contributed by atoms with van der Waals surface area (Å²) >= 11 is 0. The molecule has 2 saturated heterocycles. The first-order valence-corrected chi connectivity index (χ1v) is 8.37. The molecule has 2 heterocycles. The Labute approximate surface area is 149 Å². The van der Waals surface area contributed by atoms with Crippen molar-refractivity contribution < 1.29 is 9.59 Å². The summed E-state index contributed by atoms with van der Waals surface area (Å²) < 4.78 is 0. The van der Waals surface area contributed by atoms with E-state index in [1.807, 2.05) is 36.9 Å². The molecule has 1 N–H and O–H groups in total. The van der Waals surface area contributed by atoms with Gasteiger partial charge >= 0.3 is 0 Å². The van der Waals surface area contributed by atoms with Gasteiger partial charge in [0.05, 0.1) is 5.92 Å². The number of nitrogens with one attached hydrogen (secondary N) is 1. The lowest BCUT2D eigenvalue weighted by atomic mass is 10.0. The summed E-state index contributed by atoms with van der Waals surface area (Å²) in [5.74, 6) is -0.0389. The first kappa shape index (κ1) is 18.7. The average Bonchev–Trinajstić information content (AvgIpc) is 2.92. The maximum absolute atomic E-state index is 12.8. The second-order valence-electron chi connectivity index (χ2n) is 6.71. The number of piperazine rings is 1. The number of rotatable bonds is 2. The highest BCUT2D eigenvalue weighted by Gasteiger charge is 2.39. The lowest BCUT2D eigenvalue weighted by Crippen LogP contribution is -2.54. The van der Waals surface area contributed by atoms with Crippen molar-refractivity contribution in [3.63, 3.8) is 0 Å². The van der Waals surface area contributed by atoms with Crippen LogP contribution < -0.4 is 10.2 Å². The van der Waals surface area contributed by atoms with Crippen LogP contribution in [0.25, 0.3) is 0 Å². The number of nitrogens with zero attached hydrogens (tertiary/aromatic N) is 2. The second-order valence-corrected chi connectivity index (χ2v) is 6.71. The van der Waals surface area contributed by atoms with Crippen LogP contribution in [0.15, 0.2) is 18.2 Å². The Morgan fingerprint density at radius 2 is 2.04 bits per heavy atom. The Hall–Kier alpha value is -1.59. The molecule has 0 bridgehead atoms. The van der Waals surface area contributed by atoms with Gasteiger partial charge in [-0.2, -0.15) is 0 Å². The fourth-order valence-electron chi connectivity index (χ4n) is 3.54. The van der Waals surface area contributed by atoms with Gasteiger partial charge in [-0.05, 0) is 38.0 Å². The van der Waals surface area contributed by atoms with Crippen molar-refractivity contribution in [1.29, 1.82) is 0 Å². The van der Waals surface area contributed by atoms with Gasteiger partial charge in [0.25, 0.3) is 0 Å². The van der Waals surface area contributed by atoms with Crippen molar-refractivity contribution >= 4 is 29.9 Å². The highest BCUT2D eigenvalue weighted by molar-refractivity contribution is 6.01. The third kappa shape index (κ3) is 3.42. The summed E-state index contributed by atoms with van der Waals surface area (Å²) in [4.78, 5) is 29.0. The maximum Gasteiger partial charge on any atom is 0.228 e. The molecule has 24 heavy (non-hydrogen) atoms. The fourth-order valence-corrected chi connectivity index (χ4v) is 3.54. The standard InChI is InChI=1S/C18H25N3O2.ClH/c1-12-5-4-6-16(14(12)3)21-11-15(9-17(21)22)18(23)20-8-7-19-10-13(20)2;/h4-6,13,15,19H,7-11H2,1-3H3;1H. The molecule has 132 valence electrons. The van der Waals surface area contributed by atoms with Gasteiger partial charge in [0, 0.05) is 44.3 Å². The Bertz CT molecular complexity index is 635. The Kier molecular flexibility index (Phi) is 5.88. The zero-order chi connectivity index (χ0) is 16.6. The molecule has 2 atom stereocenters. The molecule has 0 spiro atoms. The first-order valence-electron chi connectivity index (χ1n) is 8.37. The van der Waals surface area contributed by atoms with Crippen LogP contribution in [0.5, 0.6) is 0 Å². The molecule has 6 heteroatoms. The molecule has 2 unspecified atom stereocenters. The van der Waals surface area contributed by atoms with E-state index < -0.39 is 0 Å². The zero-order valence-electron chi connectivity index (χ0n) is 14.5. The monoisotopic (exact) mass is 351 g/mol. The number of carbonyl (C=O) groups excluding carboxylic acids is 2. The van der Waals surface area contributed by atoms with Crippen LogP contribution in [0.1, 0.15) is 24.5 Å². The van der Waals surface area contributed by atoms with E-state index in [0.717, 1.165) is 30.9 Å². The minimum atomic E-state index is -0.219. The summed E-state index contributed by atoms with van der Waals surface area (Å²) in [6.45, 7) is 9.02. The van der Waals surface area contributed by atoms with Gasteiger partial charge in [-0.1, -0.05) is 12.1 Å². The molecule has 1 aromatic rings. The number of anilines is 1. The molecule has 0 aliphatic carbocycles. The van der Waals surface area contributed by atoms with Crippen molar-refractivity contribution in [3.05, 3.63) is 29.3 Å². The van der Waals surface area contributed by atoms with E-state index in [2.05, 4.69) is 12.2 Å². The number of hydrogen-bond acceptors (Lipinski definition) is 3. The van der Waals surface area contributed by atoms with Gasteiger partial charge in [0.15, 0.2) is 0 Å². The third-order valence-corrected chi connectivity index (χ3v) is 5.13. The lowest BCUT2D eigenvalue weighted by Gasteiger charge is -2.35. The third-order valence-electron chi connectivity index (χ3n) is 5.13. The summed E-state index contributed by atoms with van der Waals surface area (Å²) in [6, 6.07) is 6.18. The topological polar surface area (TPSA) is 52.7 Å². The molecule has 0 aromatic heterocycles. The summed E-state index contributed by atoms with van der Waals surface area (Å²) in [6.07, 6.45) is 0.322. The number of hydrogen-bond donors (Lipinski definition) is 1. The molecule has 0 saturated carbocycles. The van der Waals surface area contributed by atoms with Crippen LogP contribution in [0, 0.1) is 19.8 Å². The Morgan fingerprint density at radius 3 is 2.75 bits per heavy atom. The van der Waals surface area contributed by atoms with E-state index >= 15 is 0 Å². The van der Waals surface area contributed by atoms with E-state index in [4.69, 9.17) is 0 Å². The molecular weight excluding hydrogens is 326 g/mol. The lowest BCUT2D eigenvalue weighted by molar-refractivity contribution is -0.138. The zero-order valence-corrected chi connectivity index (χ0v) is 15.4. The van der Waals surface area contributed by atoms with Gasteiger partial charge in [-0.15, -0.1) is 12.4 Å². The van der Waals surface area contributed by atoms with Gasteiger partial charge in [-0.3, -0.25) is 9.59 Å². The SMILES string of the molecule is Cc1cccc(N2CC(C(=O)N3CCNCC3C)CC2=O)c1C.Cl. The van der Waals surface area contributed by atoms with E-state index in [-0.39, 0.29) is 36.2 Å². The van der Waals surface area contributed by atoms with Crippen molar-refractivity contribution in [2.24, 2.45) is 5.92 Å². The van der Waals surface area contributed by atoms with Crippen molar-refractivity contribution in [2.75, 3.05) is 31.1 Å². The Balaban J connectivity index is 0.00000208. The molecule has 1 aromatic carbocycles. The van der Waals surface area contributed by atoms with E-state index in [1.165, 1.54) is 5.56 Å². The average molecular weight is 352 g/mol. The van der Waals surface area contributed by atoms with Crippen LogP contribution in [0.4, 0.5) is 5.69 Å². The predicted molar refractivity (Wildman–Crippen MR) is 97.7 cm³/mol. The first-order chi connectivity index (χ1) is 11.0. The predicted octanol–water partition coefficient (Wildman–Crippen LogP) is 1.90. The molecule has 2 aliphatic heterocycles. The van der Waals surface area contributed by atoms with E-state index in [9.17, 15) is 9.59 Å². The molecule has 0 radical (unpaired) electrons. The van der Waals surface area contributed by atoms with Crippen LogP contribution in [0.2, 0.25) is 0 Å². The number of amides is 2. The fraction of sp³-hybridized carbons (Fsp3) is 0.556. The highest BCUT2D eigenvalue weighted by atomic mass is 35.5. The smallest absolute Gasteiger partial charge is 0.228 e. The minimum Gasteiger partial charge on any atom is -0.337 e. The van der Waals surface area contributed by atoms with Crippen molar-refractivity contribution in [2.45, 2.75) is 33.2 Å². The number of benzene rings is 1. The van der Waals surface area contributed by atoms with Gasteiger partial charge in [-0.25, -0.2) is 0 Å². The largest absolute Gasteiger partial charge is 0.337 e. The minimum absolute atomic E-state index is 0. The molecule has 2 amide bonds.